The molecule has 3 heterocycles. The van der Waals surface area contributed by atoms with E-state index in [2.05, 4.69) is 16.2 Å². The van der Waals surface area contributed by atoms with Crippen LogP contribution in [0.4, 0.5) is 5.00 Å². The van der Waals surface area contributed by atoms with Gasteiger partial charge in [-0.15, -0.1) is 11.3 Å². The molecule has 38 heavy (non-hydrogen) atoms. The molecule has 0 bridgehead atoms. The van der Waals surface area contributed by atoms with Gasteiger partial charge in [-0.05, 0) is 56.0 Å². The third-order valence-corrected chi connectivity index (χ3v) is 9.93. The van der Waals surface area contributed by atoms with E-state index in [9.17, 15) is 27.6 Å². The molecule has 0 spiro atoms. The third-order valence-electron chi connectivity index (χ3n) is 6.77. The first-order valence-corrected chi connectivity index (χ1v) is 14.6. The van der Waals surface area contributed by atoms with Crippen molar-refractivity contribution in [1.82, 2.24) is 20.1 Å². The van der Waals surface area contributed by atoms with E-state index in [1.54, 1.807) is 4.90 Å². The van der Waals surface area contributed by atoms with Gasteiger partial charge < -0.3 is 10.2 Å². The fourth-order valence-electron chi connectivity index (χ4n) is 4.73. The molecule has 2 aliphatic rings. The molecule has 0 radical (unpaired) electrons. The van der Waals surface area contributed by atoms with Crippen LogP contribution in [-0.2, 0) is 32.6 Å². The Hall–Kier alpha value is -3.29. The van der Waals surface area contributed by atoms with Crippen molar-refractivity contribution in [2.24, 2.45) is 0 Å². The number of piperidine rings is 1. The van der Waals surface area contributed by atoms with E-state index in [0.717, 1.165) is 24.1 Å². The maximum atomic E-state index is 13.1. The van der Waals surface area contributed by atoms with Crippen LogP contribution in [0.15, 0.2) is 29.2 Å². The van der Waals surface area contributed by atoms with E-state index in [4.69, 9.17) is 0 Å². The number of hydrogen-bond acceptors (Lipinski definition) is 7. The van der Waals surface area contributed by atoms with Gasteiger partial charge in [0.05, 0.1) is 17.0 Å². The summed E-state index contributed by atoms with van der Waals surface area (Å²) in [6.07, 6.45) is 3.05. The molecule has 1 unspecified atom stereocenters. The van der Waals surface area contributed by atoms with Gasteiger partial charge >= 0.3 is 0 Å². The molecule has 1 aromatic carbocycles. The molecule has 4 rings (SSSR count). The molecule has 204 valence electrons. The maximum Gasteiger partial charge on any atom is 0.272 e. The fourth-order valence-corrected chi connectivity index (χ4v) is 7.68. The van der Waals surface area contributed by atoms with Crippen molar-refractivity contribution >= 4 is 50.0 Å². The van der Waals surface area contributed by atoms with Crippen LogP contribution in [0.5, 0.6) is 0 Å². The summed E-state index contributed by atoms with van der Waals surface area (Å²) in [6, 6.07) is 5.64. The van der Waals surface area contributed by atoms with E-state index >= 15 is 0 Å². The van der Waals surface area contributed by atoms with Crippen LogP contribution in [0, 0.1) is 0 Å². The van der Waals surface area contributed by atoms with Crippen LogP contribution in [0.25, 0.3) is 0 Å². The second-order valence-electron chi connectivity index (χ2n) is 9.47. The number of carbonyl (C=O) groups is 4. The van der Waals surface area contributed by atoms with E-state index in [0.29, 0.717) is 31.6 Å². The first-order valence-electron chi connectivity index (χ1n) is 12.4. The topological polar surface area (TPSA) is 145 Å². The molecule has 0 aliphatic carbocycles. The summed E-state index contributed by atoms with van der Waals surface area (Å²) >= 11 is 1.19. The van der Waals surface area contributed by atoms with Gasteiger partial charge in [0.1, 0.15) is 5.00 Å². The minimum Gasteiger partial charge on any atom is -0.337 e. The summed E-state index contributed by atoms with van der Waals surface area (Å²) in [5.74, 6) is -1.64. The summed E-state index contributed by atoms with van der Waals surface area (Å²) in [5, 5.41) is 3.05. The van der Waals surface area contributed by atoms with Crippen LogP contribution in [0.3, 0.4) is 0 Å². The number of nitrogens with zero attached hydrogens (tertiary/aromatic N) is 2. The Morgan fingerprint density at radius 3 is 2.32 bits per heavy atom. The Kier molecular flexibility index (Phi) is 8.19. The Balaban J connectivity index is 1.57. The first-order chi connectivity index (χ1) is 18.0. The number of carbonyl (C=O) groups excluding carboxylic acids is 4. The molecular formula is C25H31N5O6S2. The number of amides is 4. The average Bonchev–Trinajstić information content (AvgIpc) is 3.24. The van der Waals surface area contributed by atoms with Gasteiger partial charge in [0.25, 0.3) is 11.8 Å². The minimum atomic E-state index is -3.67. The Morgan fingerprint density at radius 1 is 0.974 bits per heavy atom. The van der Waals surface area contributed by atoms with E-state index in [1.165, 1.54) is 53.8 Å². The molecule has 1 aromatic heterocycles. The van der Waals surface area contributed by atoms with Gasteiger partial charge in [0, 0.05) is 43.4 Å². The lowest BCUT2D eigenvalue weighted by atomic mass is 10.0. The molecule has 1 atom stereocenters. The number of anilines is 1. The lowest BCUT2D eigenvalue weighted by molar-refractivity contribution is -0.129. The highest BCUT2D eigenvalue weighted by molar-refractivity contribution is 7.89. The lowest BCUT2D eigenvalue weighted by Gasteiger charge is -2.32. The normalized spacial score (nSPS) is 17.9. The number of sulfonamides is 1. The van der Waals surface area contributed by atoms with Gasteiger partial charge in [-0.2, -0.15) is 4.31 Å². The van der Waals surface area contributed by atoms with Gasteiger partial charge in [0.2, 0.25) is 21.8 Å². The zero-order valence-corrected chi connectivity index (χ0v) is 23.1. The summed E-state index contributed by atoms with van der Waals surface area (Å²) in [5.41, 5.74) is 5.77. The molecule has 3 N–H and O–H groups in total. The number of nitrogens with one attached hydrogen (secondary N) is 3. The Labute approximate surface area is 225 Å². The summed E-state index contributed by atoms with van der Waals surface area (Å²) in [7, 11) is -3.67. The van der Waals surface area contributed by atoms with Gasteiger partial charge in [-0.3, -0.25) is 30.0 Å². The van der Waals surface area contributed by atoms with Crippen molar-refractivity contribution in [3.8, 4) is 0 Å². The molecule has 0 saturated carbocycles. The summed E-state index contributed by atoms with van der Waals surface area (Å²) in [6.45, 7) is 5.84. The summed E-state index contributed by atoms with van der Waals surface area (Å²) < 4.78 is 27.7. The first kappa shape index (κ1) is 27.7. The molecule has 2 aliphatic heterocycles. The molecule has 13 heteroatoms. The van der Waals surface area contributed by atoms with Crippen LogP contribution < -0.4 is 16.2 Å². The van der Waals surface area contributed by atoms with Crippen molar-refractivity contribution in [2.75, 3.05) is 18.4 Å². The van der Waals surface area contributed by atoms with E-state index in [1.807, 2.05) is 6.92 Å². The average molecular weight is 562 g/mol. The van der Waals surface area contributed by atoms with Gasteiger partial charge in [-0.25, -0.2) is 8.42 Å². The number of fused-ring (bicyclic) bond motifs is 1. The molecule has 4 amide bonds. The molecule has 11 nitrogen and oxygen atoms in total. The predicted molar refractivity (Wildman–Crippen MR) is 142 cm³/mol. The maximum absolute atomic E-state index is 13.1. The smallest absolute Gasteiger partial charge is 0.272 e. The quantitative estimate of drug-likeness (QED) is 0.478. The van der Waals surface area contributed by atoms with Crippen LogP contribution in [0.1, 0.15) is 71.2 Å². The standard InChI is InChI=1S/C25H31N5O6S2/c1-15-6-4-5-12-30(15)38(35,36)19-9-7-18(8-10-19)23(33)26-25-22(24(34)28-27-16(2)31)20-11-13-29(17(3)32)14-21(20)37-25/h7-10,15H,4-6,11-14H2,1-3H3,(H,26,33)(H,27,31)(H,28,34). The lowest BCUT2D eigenvalue weighted by Crippen LogP contribution is -2.41. The van der Waals surface area contributed by atoms with Crippen LogP contribution in [0.2, 0.25) is 0 Å². The monoisotopic (exact) mass is 561 g/mol. The van der Waals surface area contributed by atoms with E-state index in [-0.39, 0.29) is 33.0 Å². The number of hydrazine groups is 1. The molecular weight excluding hydrogens is 530 g/mol. The van der Waals surface area contributed by atoms with Crippen molar-refractivity contribution in [3.05, 3.63) is 45.8 Å². The second kappa shape index (κ2) is 11.2. The molecule has 1 fully saturated rings. The SMILES string of the molecule is CC(=O)NNC(=O)c1c(NC(=O)c2ccc(S(=O)(=O)N3CCCCC3C)cc2)sc2c1CCN(C(C)=O)C2. The third kappa shape index (κ3) is 5.74. The highest BCUT2D eigenvalue weighted by atomic mass is 32.2. The second-order valence-corrected chi connectivity index (χ2v) is 12.5. The fraction of sp³-hybridized carbons (Fsp3) is 0.440. The summed E-state index contributed by atoms with van der Waals surface area (Å²) in [4.78, 5) is 51.8. The van der Waals surface area contributed by atoms with Crippen molar-refractivity contribution in [3.63, 3.8) is 0 Å². The van der Waals surface area contributed by atoms with Gasteiger partial charge in [-0.1, -0.05) is 6.42 Å². The number of benzene rings is 1. The highest BCUT2D eigenvalue weighted by Crippen LogP contribution is 2.37. The zero-order valence-electron chi connectivity index (χ0n) is 21.5. The predicted octanol–water partition coefficient (Wildman–Crippen LogP) is 2.25. The largest absolute Gasteiger partial charge is 0.337 e. The van der Waals surface area contributed by atoms with Crippen LogP contribution >= 0.6 is 11.3 Å². The highest BCUT2D eigenvalue weighted by Gasteiger charge is 2.32. The minimum absolute atomic E-state index is 0.0810. The van der Waals surface area contributed by atoms with Gasteiger partial charge in [0.15, 0.2) is 0 Å². The zero-order chi connectivity index (χ0) is 27.6. The Morgan fingerprint density at radius 2 is 1.68 bits per heavy atom. The van der Waals surface area contributed by atoms with E-state index < -0.39 is 27.7 Å². The van der Waals surface area contributed by atoms with Crippen molar-refractivity contribution in [1.29, 1.82) is 0 Å². The Bertz CT molecular complexity index is 1370. The number of hydrogen-bond donors (Lipinski definition) is 3. The van der Waals surface area contributed by atoms with Crippen molar-refractivity contribution in [2.45, 2.75) is 63.9 Å². The van der Waals surface area contributed by atoms with Crippen LogP contribution in [-0.4, -0.2) is 60.4 Å². The number of thiophene rings is 1. The number of rotatable bonds is 5. The molecule has 1 saturated heterocycles. The molecule has 2 aromatic rings. The van der Waals surface area contributed by atoms with Crippen molar-refractivity contribution < 1.29 is 27.6 Å².